The molecule has 0 aliphatic carbocycles. The van der Waals surface area contributed by atoms with Gasteiger partial charge in [-0.25, -0.2) is 4.99 Å². The summed E-state index contributed by atoms with van der Waals surface area (Å²) in [5, 5.41) is 0.674. The van der Waals surface area contributed by atoms with Crippen molar-refractivity contribution in [3.05, 3.63) is 29.3 Å². The maximum absolute atomic E-state index is 5.72. The molecule has 3 heteroatoms. The lowest BCUT2D eigenvalue weighted by Gasteiger charge is -1.94. The highest BCUT2D eigenvalue weighted by molar-refractivity contribution is 6.30. The Labute approximate surface area is 70.7 Å². The van der Waals surface area contributed by atoms with Gasteiger partial charge < -0.3 is 5.73 Å². The number of rotatable bonds is 1. The van der Waals surface area contributed by atoms with Crippen molar-refractivity contribution in [1.82, 2.24) is 0 Å². The lowest BCUT2D eigenvalue weighted by Crippen LogP contribution is -2.03. The Bertz CT molecular complexity index is 277. The molecule has 0 saturated heterocycles. The summed E-state index contributed by atoms with van der Waals surface area (Å²) in [5.41, 5.74) is 6.17. The molecule has 0 fully saturated rings. The first-order valence-corrected chi connectivity index (χ1v) is 3.62. The second-order valence-electron chi connectivity index (χ2n) is 2.23. The summed E-state index contributed by atoms with van der Waals surface area (Å²) in [4.78, 5) is 4.03. The molecule has 0 radical (unpaired) electrons. The van der Waals surface area contributed by atoms with E-state index in [1.54, 1.807) is 19.1 Å². The summed E-state index contributed by atoms with van der Waals surface area (Å²) in [6.07, 6.45) is 0. The fourth-order valence-corrected chi connectivity index (χ4v) is 0.934. The summed E-state index contributed by atoms with van der Waals surface area (Å²) in [6, 6.07) is 7.25. The molecule has 2 N–H and O–H groups in total. The van der Waals surface area contributed by atoms with Gasteiger partial charge in [-0.1, -0.05) is 17.7 Å². The molecule has 0 unspecified atom stereocenters. The minimum Gasteiger partial charge on any atom is -0.387 e. The highest BCUT2D eigenvalue weighted by Gasteiger charge is 1.89. The number of amidine groups is 1. The molecule has 0 heterocycles. The fraction of sp³-hybridized carbons (Fsp3) is 0.125. The van der Waals surface area contributed by atoms with E-state index >= 15 is 0 Å². The van der Waals surface area contributed by atoms with Gasteiger partial charge in [0, 0.05) is 5.02 Å². The van der Waals surface area contributed by atoms with Crippen LogP contribution in [0, 0.1) is 0 Å². The molecule has 1 rings (SSSR count). The Balaban J connectivity index is 2.97. The van der Waals surface area contributed by atoms with E-state index in [-0.39, 0.29) is 0 Å². The van der Waals surface area contributed by atoms with Crippen LogP contribution in [-0.4, -0.2) is 5.84 Å². The molecular formula is C8H9ClN2. The predicted octanol–water partition coefficient (Wildman–Crippen LogP) is 2.35. The van der Waals surface area contributed by atoms with Gasteiger partial charge in [0.25, 0.3) is 0 Å². The Morgan fingerprint density at radius 2 is 2.27 bits per heavy atom. The number of aliphatic imine (C=N–C) groups is 1. The molecule has 0 spiro atoms. The Hall–Kier alpha value is -1.02. The molecular weight excluding hydrogens is 160 g/mol. The number of hydrogen-bond donors (Lipinski definition) is 1. The van der Waals surface area contributed by atoms with Crippen molar-refractivity contribution < 1.29 is 0 Å². The minimum absolute atomic E-state index is 0.535. The van der Waals surface area contributed by atoms with Gasteiger partial charge in [0.1, 0.15) is 0 Å². The summed E-state index contributed by atoms with van der Waals surface area (Å²) in [6.45, 7) is 1.74. The van der Waals surface area contributed by atoms with Crippen LogP contribution in [0.1, 0.15) is 6.92 Å². The molecule has 0 amide bonds. The average molecular weight is 169 g/mol. The number of nitrogens with zero attached hydrogens (tertiary/aromatic N) is 1. The third-order valence-electron chi connectivity index (χ3n) is 1.11. The molecule has 0 bridgehead atoms. The van der Waals surface area contributed by atoms with Crippen molar-refractivity contribution in [2.24, 2.45) is 10.7 Å². The van der Waals surface area contributed by atoms with Crippen LogP contribution in [0.15, 0.2) is 29.3 Å². The van der Waals surface area contributed by atoms with Crippen molar-refractivity contribution in [3.8, 4) is 0 Å². The Kier molecular flexibility index (Phi) is 2.49. The standard InChI is InChI=1S/C8H9ClN2/c1-6(10)11-8-4-2-3-7(9)5-8/h2-5H,1H3,(H2,10,11). The highest BCUT2D eigenvalue weighted by Crippen LogP contribution is 2.17. The predicted molar refractivity (Wildman–Crippen MR) is 48.4 cm³/mol. The van der Waals surface area contributed by atoms with E-state index in [2.05, 4.69) is 4.99 Å². The van der Waals surface area contributed by atoms with Crippen LogP contribution in [0.25, 0.3) is 0 Å². The number of hydrogen-bond acceptors (Lipinski definition) is 1. The van der Waals surface area contributed by atoms with Gasteiger partial charge in [0.05, 0.1) is 11.5 Å². The second-order valence-corrected chi connectivity index (χ2v) is 2.67. The molecule has 1 aromatic carbocycles. The van der Waals surface area contributed by atoms with Gasteiger partial charge >= 0.3 is 0 Å². The van der Waals surface area contributed by atoms with Crippen LogP contribution in [0.2, 0.25) is 5.02 Å². The topological polar surface area (TPSA) is 38.4 Å². The first-order chi connectivity index (χ1) is 5.18. The smallest absolute Gasteiger partial charge is 0.0964 e. The number of halogens is 1. The molecule has 58 valence electrons. The van der Waals surface area contributed by atoms with Crippen LogP contribution in [0.5, 0.6) is 0 Å². The van der Waals surface area contributed by atoms with Gasteiger partial charge in [-0.15, -0.1) is 0 Å². The largest absolute Gasteiger partial charge is 0.387 e. The lowest BCUT2D eigenvalue weighted by atomic mass is 10.3. The number of nitrogens with two attached hydrogens (primary N) is 1. The van der Waals surface area contributed by atoms with E-state index in [4.69, 9.17) is 17.3 Å². The fourth-order valence-electron chi connectivity index (χ4n) is 0.749. The molecule has 2 nitrogen and oxygen atoms in total. The van der Waals surface area contributed by atoms with Gasteiger partial charge in [-0.2, -0.15) is 0 Å². The Morgan fingerprint density at radius 3 is 2.82 bits per heavy atom. The van der Waals surface area contributed by atoms with Crippen LogP contribution in [0.3, 0.4) is 0 Å². The summed E-state index contributed by atoms with van der Waals surface area (Å²) in [5.74, 6) is 0.535. The van der Waals surface area contributed by atoms with Gasteiger partial charge in [0.2, 0.25) is 0 Å². The lowest BCUT2D eigenvalue weighted by molar-refractivity contribution is 1.45. The SMILES string of the molecule is CC(N)=Nc1cccc(Cl)c1. The van der Waals surface area contributed by atoms with Gasteiger partial charge in [0.15, 0.2) is 0 Å². The number of benzene rings is 1. The summed E-state index contributed by atoms with van der Waals surface area (Å²) < 4.78 is 0. The van der Waals surface area contributed by atoms with Crippen molar-refractivity contribution in [1.29, 1.82) is 0 Å². The van der Waals surface area contributed by atoms with E-state index in [9.17, 15) is 0 Å². The summed E-state index contributed by atoms with van der Waals surface area (Å²) >= 11 is 5.72. The third kappa shape index (κ3) is 2.60. The first-order valence-electron chi connectivity index (χ1n) is 3.25. The molecule has 0 aromatic heterocycles. The van der Waals surface area contributed by atoms with Crippen molar-refractivity contribution >= 4 is 23.1 Å². The van der Waals surface area contributed by atoms with E-state index in [0.717, 1.165) is 5.69 Å². The zero-order valence-corrected chi connectivity index (χ0v) is 6.97. The van der Waals surface area contributed by atoms with E-state index in [1.807, 2.05) is 12.1 Å². The molecule has 0 aliphatic rings. The summed E-state index contributed by atoms with van der Waals surface area (Å²) in [7, 11) is 0. The third-order valence-corrected chi connectivity index (χ3v) is 1.35. The van der Waals surface area contributed by atoms with Gasteiger partial charge in [-0.3, -0.25) is 0 Å². The molecule has 0 aliphatic heterocycles. The molecule has 1 aromatic rings. The van der Waals surface area contributed by atoms with Crippen molar-refractivity contribution in [2.75, 3.05) is 0 Å². The first kappa shape index (κ1) is 8.08. The Morgan fingerprint density at radius 1 is 1.55 bits per heavy atom. The maximum atomic E-state index is 5.72. The zero-order chi connectivity index (χ0) is 8.27. The van der Waals surface area contributed by atoms with E-state index in [0.29, 0.717) is 10.9 Å². The normalized spacial score (nSPS) is 11.6. The van der Waals surface area contributed by atoms with Crippen molar-refractivity contribution in [3.63, 3.8) is 0 Å². The highest BCUT2D eigenvalue weighted by atomic mass is 35.5. The van der Waals surface area contributed by atoms with Crippen LogP contribution in [0.4, 0.5) is 5.69 Å². The zero-order valence-electron chi connectivity index (χ0n) is 6.21. The van der Waals surface area contributed by atoms with Crippen LogP contribution < -0.4 is 5.73 Å². The quantitative estimate of drug-likeness (QED) is 0.508. The van der Waals surface area contributed by atoms with Crippen molar-refractivity contribution in [2.45, 2.75) is 6.92 Å². The van der Waals surface area contributed by atoms with Gasteiger partial charge in [-0.05, 0) is 25.1 Å². The maximum Gasteiger partial charge on any atom is 0.0964 e. The molecule has 0 saturated carbocycles. The molecule has 0 atom stereocenters. The van der Waals surface area contributed by atoms with Crippen LogP contribution in [-0.2, 0) is 0 Å². The van der Waals surface area contributed by atoms with E-state index in [1.165, 1.54) is 0 Å². The average Bonchev–Trinajstić information content (AvgIpc) is 1.85. The minimum atomic E-state index is 0.535. The molecule has 11 heavy (non-hydrogen) atoms. The monoisotopic (exact) mass is 168 g/mol. The van der Waals surface area contributed by atoms with E-state index < -0.39 is 0 Å². The van der Waals surface area contributed by atoms with Crippen LogP contribution >= 0.6 is 11.6 Å². The second kappa shape index (κ2) is 3.39.